The van der Waals surface area contributed by atoms with Gasteiger partial charge >= 0.3 is 18.0 Å². The number of nitrogens with one attached hydrogen (secondary N) is 1. The van der Waals surface area contributed by atoms with Crippen LogP contribution in [-0.2, 0) is 23.8 Å². The summed E-state index contributed by atoms with van der Waals surface area (Å²) in [6, 6.07) is -1.11. The van der Waals surface area contributed by atoms with Gasteiger partial charge < -0.3 is 19.5 Å². The first-order chi connectivity index (χ1) is 9.10. The highest BCUT2D eigenvalue weighted by molar-refractivity contribution is 5.82. The summed E-state index contributed by atoms with van der Waals surface area (Å²) in [5, 5.41) is 2.37. The predicted octanol–water partition coefficient (Wildman–Crippen LogP) is 1.39. The summed E-state index contributed by atoms with van der Waals surface area (Å²) >= 11 is 0. The molecule has 0 rings (SSSR count). The number of methoxy groups -OCH3 is 1. The minimum absolute atomic E-state index is 0.342. The summed E-state index contributed by atoms with van der Waals surface area (Å²) in [4.78, 5) is 34.4. The molecule has 20 heavy (non-hydrogen) atoms. The van der Waals surface area contributed by atoms with E-state index in [0.29, 0.717) is 6.42 Å². The Bertz CT molecular complexity index is 360. The summed E-state index contributed by atoms with van der Waals surface area (Å²) in [6.45, 7) is 8.04. The maximum atomic E-state index is 11.7. The number of esters is 2. The molecule has 0 aliphatic heterocycles. The van der Waals surface area contributed by atoms with Crippen molar-refractivity contribution in [2.45, 2.75) is 58.8 Å². The fourth-order valence-electron chi connectivity index (χ4n) is 1.47. The molecule has 7 nitrogen and oxygen atoms in total. The first-order valence-electron chi connectivity index (χ1n) is 6.35. The van der Waals surface area contributed by atoms with Crippen LogP contribution in [0.2, 0.25) is 0 Å². The number of ether oxygens (including phenoxy) is 3. The Labute approximate surface area is 118 Å². The van der Waals surface area contributed by atoms with Crippen LogP contribution >= 0.6 is 0 Å². The lowest BCUT2D eigenvalue weighted by molar-refractivity contribution is -0.155. The SMILES string of the molecule is CC[C@@H](OC(C)=O)[C@@H](NC(=O)OC(C)(C)C)C(=O)OC. The normalized spacial score (nSPS) is 13.9. The van der Waals surface area contributed by atoms with E-state index in [4.69, 9.17) is 9.47 Å². The van der Waals surface area contributed by atoms with Crippen molar-refractivity contribution in [1.29, 1.82) is 0 Å². The van der Waals surface area contributed by atoms with Crippen molar-refractivity contribution in [3.8, 4) is 0 Å². The van der Waals surface area contributed by atoms with E-state index in [2.05, 4.69) is 10.1 Å². The molecule has 0 saturated heterocycles. The van der Waals surface area contributed by atoms with Crippen molar-refractivity contribution in [3.63, 3.8) is 0 Å². The Hall–Kier alpha value is -1.79. The maximum absolute atomic E-state index is 11.7. The van der Waals surface area contributed by atoms with Gasteiger partial charge in [-0.15, -0.1) is 0 Å². The number of hydrogen-bond acceptors (Lipinski definition) is 6. The van der Waals surface area contributed by atoms with Gasteiger partial charge in [0.25, 0.3) is 0 Å². The standard InChI is InChI=1S/C13H23NO6/c1-7-9(19-8(2)15)10(11(16)18-6)14-12(17)20-13(3,4)5/h9-10H,7H2,1-6H3,(H,14,17)/t9-,10-/m1/s1. The van der Waals surface area contributed by atoms with E-state index < -0.39 is 35.8 Å². The molecule has 0 bridgehead atoms. The third-order valence-corrected chi connectivity index (χ3v) is 2.22. The molecule has 0 aromatic heterocycles. The van der Waals surface area contributed by atoms with Crippen molar-refractivity contribution in [2.24, 2.45) is 0 Å². The van der Waals surface area contributed by atoms with Gasteiger partial charge in [0.1, 0.15) is 11.7 Å². The molecule has 0 saturated carbocycles. The molecule has 0 aliphatic carbocycles. The third-order valence-electron chi connectivity index (χ3n) is 2.22. The van der Waals surface area contributed by atoms with Crippen molar-refractivity contribution >= 4 is 18.0 Å². The zero-order valence-corrected chi connectivity index (χ0v) is 12.8. The van der Waals surface area contributed by atoms with Crippen LogP contribution in [0.15, 0.2) is 0 Å². The topological polar surface area (TPSA) is 90.9 Å². The van der Waals surface area contributed by atoms with Crippen LogP contribution < -0.4 is 5.32 Å². The molecule has 0 unspecified atom stereocenters. The Kier molecular flexibility index (Phi) is 7.02. The minimum atomic E-state index is -1.11. The van der Waals surface area contributed by atoms with Gasteiger partial charge in [-0.3, -0.25) is 4.79 Å². The zero-order chi connectivity index (χ0) is 15.9. The van der Waals surface area contributed by atoms with Crippen LogP contribution in [0.5, 0.6) is 0 Å². The molecule has 0 spiro atoms. The highest BCUT2D eigenvalue weighted by Crippen LogP contribution is 2.10. The van der Waals surface area contributed by atoms with Crippen LogP contribution in [0.4, 0.5) is 4.79 Å². The number of carbonyl (C=O) groups is 3. The molecule has 116 valence electrons. The quantitative estimate of drug-likeness (QED) is 0.607. The molecule has 2 atom stereocenters. The average molecular weight is 289 g/mol. The molecule has 0 heterocycles. The number of carbonyl (C=O) groups excluding carboxylic acids is 3. The summed E-state index contributed by atoms with van der Waals surface area (Å²) in [5.41, 5.74) is -0.700. The lowest BCUT2D eigenvalue weighted by Gasteiger charge is -2.26. The van der Waals surface area contributed by atoms with E-state index in [9.17, 15) is 14.4 Å². The van der Waals surface area contributed by atoms with E-state index in [1.807, 2.05) is 0 Å². The molecular weight excluding hydrogens is 266 g/mol. The second-order valence-corrected chi connectivity index (χ2v) is 5.20. The van der Waals surface area contributed by atoms with Gasteiger partial charge in [-0.2, -0.15) is 0 Å². The third kappa shape index (κ3) is 6.96. The van der Waals surface area contributed by atoms with E-state index in [1.54, 1.807) is 27.7 Å². The zero-order valence-electron chi connectivity index (χ0n) is 12.8. The van der Waals surface area contributed by atoms with Gasteiger partial charge in [0.2, 0.25) is 0 Å². The monoisotopic (exact) mass is 289 g/mol. The smallest absolute Gasteiger partial charge is 0.408 e. The fourth-order valence-corrected chi connectivity index (χ4v) is 1.47. The molecule has 0 fully saturated rings. The van der Waals surface area contributed by atoms with Crippen molar-refractivity contribution in [1.82, 2.24) is 5.32 Å². The Balaban J connectivity index is 4.92. The van der Waals surface area contributed by atoms with Gasteiger partial charge in [0, 0.05) is 6.92 Å². The highest BCUT2D eigenvalue weighted by Gasteiger charge is 2.33. The van der Waals surface area contributed by atoms with Gasteiger partial charge in [-0.25, -0.2) is 9.59 Å². The van der Waals surface area contributed by atoms with Crippen LogP contribution in [0.3, 0.4) is 0 Å². The van der Waals surface area contributed by atoms with Gasteiger partial charge in [-0.1, -0.05) is 6.92 Å². The van der Waals surface area contributed by atoms with E-state index in [1.165, 1.54) is 14.0 Å². The van der Waals surface area contributed by atoms with Crippen molar-refractivity contribution in [3.05, 3.63) is 0 Å². The van der Waals surface area contributed by atoms with Crippen LogP contribution in [-0.4, -0.2) is 42.9 Å². The molecule has 0 aliphatic rings. The molecule has 1 amide bonds. The lowest BCUT2D eigenvalue weighted by Crippen LogP contribution is -2.51. The predicted molar refractivity (Wildman–Crippen MR) is 71.0 cm³/mol. The average Bonchev–Trinajstić information content (AvgIpc) is 2.29. The number of amides is 1. The van der Waals surface area contributed by atoms with Gasteiger partial charge in [0.15, 0.2) is 6.04 Å². The largest absolute Gasteiger partial charge is 0.467 e. The Morgan fingerprint density at radius 2 is 1.75 bits per heavy atom. The highest BCUT2D eigenvalue weighted by atomic mass is 16.6. The number of rotatable bonds is 5. The van der Waals surface area contributed by atoms with Gasteiger partial charge in [-0.05, 0) is 27.2 Å². The summed E-state index contributed by atoms with van der Waals surface area (Å²) in [5.74, 6) is -1.25. The fraction of sp³-hybridized carbons (Fsp3) is 0.769. The van der Waals surface area contributed by atoms with Crippen molar-refractivity contribution < 1.29 is 28.6 Å². The first-order valence-corrected chi connectivity index (χ1v) is 6.35. The van der Waals surface area contributed by atoms with E-state index >= 15 is 0 Å². The van der Waals surface area contributed by atoms with E-state index in [0.717, 1.165) is 0 Å². The Morgan fingerprint density at radius 1 is 1.20 bits per heavy atom. The maximum Gasteiger partial charge on any atom is 0.408 e. The second kappa shape index (κ2) is 7.72. The second-order valence-electron chi connectivity index (χ2n) is 5.20. The number of hydrogen-bond donors (Lipinski definition) is 1. The minimum Gasteiger partial charge on any atom is -0.467 e. The molecule has 0 radical (unpaired) electrons. The molecule has 7 heteroatoms. The first kappa shape index (κ1) is 18.2. The van der Waals surface area contributed by atoms with Gasteiger partial charge in [0.05, 0.1) is 7.11 Å². The molecule has 1 N–H and O–H groups in total. The summed E-state index contributed by atoms with van der Waals surface area (Å²) in [7, 11) is 1.19. The molecular formula is C13H23NO6. The van der Waals surface area contributed by atoms with Crippen LogP contribution in [0, 0.1) is 0 Å². The van der Waals surface area contributed by atoms with E-state index in [-0.39, 0.29) is 0 Å². The molecule has 0 aromatic carbocycles. The number of alkyl carbamates (subject to hydrolysis) is 1. The Morgan fingerprint density at radius 3 is 2.10 bits per heavy atom. The van der Waals surface area contributed by atoms with Crippen LogP contribution in [0.25, 0.3) is 0 Å². The molecule has 0 aromatic rings. The van der Waals surface area contributed by atoms with Crippen LogP contribution in [0.1, 0.15) is 41.0 Å². The summed E-state index contributed by atoms with van der Waals surface area (Å²) < 4.78 is 14.7. The van der Waals surface area contributed by atoms with Crippen molar-refractivity contribution in [2.75, 3.05) is 7.11 Å². The lowest BCUT2D eigenvalue weighted by atomic mass is 10.1. The summed E-state index contributed by atoms with van der Waals surface area (Å²) in [6.07, 6.45) is -1.25.